The number of aromatic nitrogens is 1. The molecule has 2 aromatic rings. The molecule has 2 rings (SSSR count). The molecule has 98 valence electrons. The van der Waals surface area contributed by atoms with Gasteiger partial charge in [-0.05, 0) is 19.0 Å². The van der Waals surface area contributed by atoms with E-state index < -0.39 is 0 Å². The van der Waals surface area contributed by atoms with Crippen molar-refractivity contribution in [1.82, 2.24) is 10.3 Å². The maximum Gasteiger partial charge on any atom is 0.108 e. The van der Waals surface area contributed by atoms with Crippen LogP contribution in [-0.4, -0.2) is 11.5 Å². The standard InChI is InChI=1S/C14H20N2OS/c1-3-6-15-12(10-14-16-7-9-18-14)11-5-8-17-13(11)4-2/h5,7-9,12,15H,3-4,6,10H2,1-2H3. The predicted octanol–water partition coefficient (Wildman–Crippen LogP) is 3.58. The lowest BCUT2D eigenvalue weighted by Gasteiger charge is -2.17. The molecular formula is C14H20N2OS. The van der Waals surface area contributed by atoms with Gasteiger partial charge in [-0.15, -0.1) is 11.3 Å². The van der Waals surface area contributed by atoms with E-state index in [1.54, 1.807) is 17.6 Å². The van der Waals surface area contributed by atoms with Gasteiger partial charge in [0.25, 0.3) is 0 Å². The first-order valence-corrected chi connectivity index (χ1v) is 7.41. The minimum absolute atomic E-state index is 0.310. The van der Waals surface area contributed by atoms with Crippen LogP contribution in [0.15, 0.2) is 28.3 Å². The number of thiazole rings is 1. The van der Waals surface area contributed by atoms with Gasteiger partial charge in [-0.1, -0.05) is 13.8 Å². The molecule has 4 heteroatoms. The van der Waals surface area contributed by atoms with E-state index in [4.69, 9.17) is 4.42 Å². The normalized spacial score (nSPS) is 12.8. The lowest BCUT2D eigenvalue weighted by Crippen LogP contribution is -2.24. The molecule has 2 aromatic heterocycles. The molecule has 0 radical (unpaired) electrons. The molecule has 1 unspecified atom stereocenters. The summed E-state index contributed by atoms with van der Waals surface area (Å²) >= 11 is 1.71. The quantitative estimate of drug-likeness (QED) is 0.830. The number of aryl methyl sites for hydroxylation is 1. The summed E-state index contributed by atoms with van der Waals surface area (Å²) in [7, 11) is 0. The number of hydrogen-bond acceptors (Lipinski definition) is 4. The fourth-order valence-electron chi connectivity index (χ4n) is 2.09. The van der Waals surface area contributed by atoms with E-state index in [1.807, 2.05) is 11.6 Å². The molecule has 1 atom stereocenters. The van der Waals surface area contributed by atoms with Crippen molar-refractivity contribution in [2.75, 3.05) is 6.54 Å². The van der Waals surface area contributed by atoms with Crippen LogP contribution in [0.3, 0.4) is 0 Å². The van der Waals surface area contributed by atoms with Crippen LogP contribution in [0.5, 0.6) is 0 Å². The monoisotopic (exact) mass is 264 g/mol. The first-order chi connectivity index (χ1) is 8.85. The minimum atomic E-state index is 0.310. The maximum absolute atomic E-state index is 5.54. The van der Waals surface area contributed by atoms with Crippen molar-refractivity contribution in [3.8, 4) is 0 Å². The van der Waals surface area contributed by atoms with Crippen LogP contribution in [0.4, 0.5) is 0 Å². The third-order valence-electron chi connectivity index (χ3n) is 2.98. The zero-order chi connectivity index (χ0) is 12.8. The molecule has 0 aromatic carbocycles. The fraction of sp³-hybridized carbons (Fsp3) is 0.500. The Hall–Kier alpha value is -1.13. The first kappa shape index (κ1) is 13.3. The van der Waals surface area contributed by atoms with Gasteiger partial charge in [0.1, 0.15) is 5.76 Å². The molecule has 0 bridgehead atoms. The zero-order valence-corrected chi connectivity index (χ0v) is 11.8. The topological polar surface area (TPSA) is 38.1 Å². The van der Waals surface area contributed by atoms with E-state index in [0.717, 1.165) is 31.6 Å². The van der Waals surface area contributed by atoms with Gasteiger partial charge >= 0.3 is 0 Å². The highest BCUT2D eigenvalue weighted by Gasteiger charge is 2.17. The lowest BCUT2D eigenvalue weighted by atomic mass is 10.0. The first-order valence-electron chi connectivity index (χ1n) is 6.53. The lowest BCUT2D eigenvalue weighted by molar-refractivity contribution is 0.481. The van der Waals surface area contributed by atoms with Crippen LogP contribution in [-0.2, 0) is 12.8 Å². The predicted molar refractivity (Wildman–Crippen MR) is 74.9 cm³/mol. The minimum Gasteiger partial charge on any atom is -0.469 e. The van der Waals surface area contributed by atoms with Crippen molar-refractivity contribution in [2.24, 2.45) is 0 Å². The number of hydrogen-bond donors (Lipinski definition) is 1. The Bertz CT molecular complexity index is 450. The number of nitrogens with zero attached hydrogens (tertiary/aromatic N) is 1. The molecule has 0 aliphatic carbocycles. The Balaban J connectivity index is 2.14. The Kier molecular flexibility index (Phi) is 4.96. The van der Waals surface area contributed by atoms with Gasteiger partial charge in [-0.2, -0.15) is 0 Å². The van der Waals surface area contributed by atoms with Crippen LogP contribution >= 0.6 is 11.3 Å². The van der Waals surface area contributed by atoms with Crippen molar-refractivity contribution in [3.05, 3.63) is 40.2 Å². The van der Waals surface area contributed by atoms with Gasteiger partial charge < -0.3 is 9.73 Å². The SMILES string of the molecule is CCCNC(Cc1nccs1)c1ccoc1CC. The van der Waals surface area contributed by atoms with E-state index in [0.29, 0.717) is 6.04 Å². The average molecular weight is 264 g/mol. The summed E-state index contributed by atoms with van der Waals surface area (Å²) in [6, 6.07) is 2.39. The summed E-state index contributed by atoms with van der Waals surface area (Å²) in [5.41, 5.74) is 1.28. The molecule has 2 heterocycles. The van der Waals surface area contributed by atoms with Crippen LogP contribution < -0.4 is 5.32 Å². The van der Waals surface area contributed by atoms with E-state index in [2.05, 4.69) is 30.2 Å². The molecule has 0 aliphatic rings. The zero-order valence-electron chi connectivity index (χ0n) is 11.0. The van der Waals surface area contributed by atoms with Crippen molar-refractivity contribution in [3.63, 3.8) is 0 Å². The van der Waals surface area contributed by atoms with Gasteiger partial charge in [0.05, 0.1) is 11.3 Å². The Morgan fingerprint density at radius 1 is 1.44 bits per heavy atom. The van der Waals surface area contributed by atoms with Crippen molar-refractivity contribution < 1.29 is 4.42 Å². The van der Waals surface area contributed by atoms with Gasteiger partial charge in [0.2, 0.25) is 0 Å². The molecular weight excluding hydrogens is 244 g/mol. The van der Waals surface area contributed by atoms with Gasteiger partial charge in [-0.25, -0.2) is 4.98 Å². The van der Waals surface area contributed by atoms with E-state index in [-0.39, 0.29) is 0 Å². The van der Waals surface area contributed by atoms with E-state index in [1.165, 1.54) is 10.6 Å². The molecule has 0 fully saturated rings. The molecule has 0 saturated carbocycles. The fourth-order valence-corrected chi connectivity index (χ4v) is 2.75. The van der Waals surface area contributed by atoms with Crippen LogP contribution in [0, 0.1) is 0 Å². The summed E-state index contributed by atoms with van der Waals surface area (Å²) in [6.45, 7) is 5.33. The van der Waals surface area contributed by atoms with Gasteiger partial charge in [0.15, 0.2) is 0 Å². The van der Waals surface area contributed by atoms with Gasteiger partial charge in [-0.3, -0.25) is 0 Å². The van der Waals surface area contributed by atoms with Crippen LogP contribution in [0.1, 0.15) is 42.6 Å². The number of rotatable bonds is 7. The Labute approximate surface area is 112 Å². The summed E-state index contributed by atoms with van der Waals surface area (Å²) in [5.74, 6) is 1.08. The second kappa shape index (κ2) is 6.71. The van der Waals surface area contributed by atoms with E-state index >= 15 is 0 Å². The summed E-state index contributed by atoms with van der Waals surface area (Å²) in [5, 5.41) is 6.79. The highest BCUT2D eigenvalue weighted by molar-refractivity contribution is 7.09. The summed E-state index contributed by atoms with van der Waals surface area (Å²) < 4.78 is 5.54. The third kappa shape index (κ3) is 3.21. The second-order valence-electron chi connectivity index (χ2n) is 4.29. The number of nitrogens with one attached hydrogen (secondary N) is 1. The van der Waals surface area contributed by atoms with Crippen molar-refractivity contribution in [1.29, 1.82) is 0 Å². The molecule has 18 heavy (non-hydrogen) atoms. The van der Waals surface area contributed by atoms with Gasteiger partial charge in [0, 0.05) is 36.0 Å². The summed E-state index contributed by atoms with van der Waals surface area (Å²) in [4.78, 5) is 4.38. The molecule has 3 nitrogen and oxygen atoms in total. The molecule has 0 spiro atoms. The van der Waals surface area contributed by atoms with Crippen molar-refractivity contribution >= 4 is 11.3 Å². The molecule has 1 N–H and O–H groups in total. The largest absolute Gasteiger partial charge is 0.469 e. The molecule has 0 amide bonds. The summed E-state index contributed by atoms with van der Waals surface area (Å²) in [6.07, 6.45) is 6.66. The number of furan rings is 1. The maximum atomic E-state index is 5.54. The highest BCUT2D eigenvalue weighted by atomic mass is 32.1. The highest BCUT2D eigenvalue weighted by Crippen LogP contribution is 2.24. The average Bonchev–Trinajstić information content (AvgIpc) is 3.04. The third-order valence-corrected chi connectivity index (χ3v) is 3.78. The van der Waals surface area contributed by atoms with Crippen molar-refractivity contribution in [2.45, 2.75) is 39.2 Å². The Morgan fingerprint density at radius 3 is 3.00 bits per heavy atom. The van der Waals surface area contributed by atoms with Crippen LogP contribution in [0.25, 0.3) is 0 Å². The van der Waals surface area contributed by atoms with E-state index in [9.17, 15) is 0 Å². The van der Waals surface area contributed by atoms with Crippen LogP contribution in [0.2, 0.25) is 0 Å². The second-order valence-corrected chi connectivity index (χ2v) is 5.27. The Morgan fingerprint density at radius 2 is 2.33 bits per heavy atom. The smallest absolute Gasteiger partial charge is 0.108 e. The molecule has 0 aliphatic heterocycles. The molecule has 0 saturated heterocycles.